The van der Waals surface area contributed by atoms with Crippen molar-refractivity contribution >= 4 is 10.9 Å². The minimum Gasteiger partial charge on any atom is -0.491 e. The fourth-order valence-corrected chi connectivity index (χ4v) is 4.03. The summed E-state index contributed by atoms with van der Waals surface area (Å²) in [6, 6.07) is 8.15. The number of aromatic nitrogens is 3. The molecular formula is C23H27N3O4. The molecule has 0 spiro atoms. The van der Waals surface area contributed by atoms with Crippen molar-refractivity contribution in [2.24, 2.45) is 0 Å². The van der Waals surface area contributed by atoms with Crippen LogP contribution in [0, 0.1) is 0 Å². The van der Waals surface area contributed by atoms with Crippen LogP contribution in [0.15, 0.2) is 36.7 Å². The molecule has 2 aliphatic rings. The van der Waals surface area contributed by atoms with Gasteiger partial charge in [0.15, 0.2) is 6.23 Å². The molecule has 0 N–H and O–H groups in total. The van der Waals surface area contributed by atoms with Gasteiger partial charge in [0.1, 0.15) is 23.8 Å². The molecule has 30 heavy (non-hydrogen) atoms. The van der Waals surface area contributed by atoms with Crippen molar-refractivity contribution < 1.29 is 18.9 Å². The molecule has 1 aromatic carbocycles. The van der Waals surface area contributed by atoms with E-state index in [1.165, 1.54) is 0 Å². The van der Waals surface area contributed by atoms with Gasteiger partial charge in [0.05, 0.1) is 31.0 Å². The summed E-state index contributed by atoms with van der Waals surface area (Å²) in [7, 11) is 0. The topological polar surface area (TPSA) is 67.6 Å². The average Bonchev–Trinajstić information content (AvgIpc) is 3.15. The molecule has 0 aliphatic carbocycles. The van der Waals surface area contributed by atoms with Crippen molar-refractivity contribution in [2.75, 3.05) is 26.4 Å². The lowest BCUT2D eigenvalue weighted by molar-refractivity contribution is -0.0365. The van der Waals surface area contributed by atoms with E-state index in [1.807, 2.05) is 23.0 Å². The Morgan fingerprint density at radius 3 is 2.83 bits per heavy atom. The quantitative estimate of drug-likeness (QED) is 0.595. The van der Waals surface area contributed by atoms with Gasteiger partial charge in [0.25, 0.3) is 0 Å². The third-order valence-electron chi connectivity index (χ3n) is 5.60. The Balaban J connectivity index is 1.63. The molecular weight excluding hydrogens is 382 g/mol. The summed E-state index contributed by atoms with van der Waals surface area (Å²) < 4.78 is 25.7. The Kier molecular flexibility index (Phi) is 5.55. The van der Waals surface area contributed by atoms with Crippen LogP contribution in [0.2, 0.25) is 0 Å². The molecule has 158 valence electrons. The Morgan fingerprint density at radius 1 is 0.967 bits per heavy atom. The Hall–Kier alpha value is -2.64. The number of benzene rings is 1. The predicted molar refractivity (Wildman–Crippen MR) is 113 cm³/mol. The van der Waals surface area contributed by atoms with Crippen LogP contribution in [-0.4, -0.2) is 47.3 Å². The van der Waals surface area contributed by atoms with Crippen molar-refractivity contribution in [3.05, 3.63) is 36.7 Å². The van der Waals surface area contributed by atoms with Crippen LogP contribution in [0.4, 0.5) is 0 Å². The SMILES string of the molecule is C[C@H]1CCOCCOc2cncc(c2)-c2nn(C3CCCCO3)c3ccc(cc23)O1. The number of hydrogen-bond acceptors (Lipinski definition) is 6. The molecule has 4 heterocycles. The zero-order valence-corrected chi connectivity index (χ0v) is 17.3. The van der Waals surface area contributed by atoms with Crippen molar-refractivity contribution in [3.8, 4) is 22.8 Å². The van der Waals surface area contributed by atoms with Crippen LogP contribution >= 0.6 is 0 Å². The molecule has 0 amide bonds. The van der Waals surface area contributed by atoms with E-state index in [2.05, 4.69) is 24.0 Å². The molecule has 0 radical (unpaired) electrons. The number of ether oxygens (including phenoxy) is 4. The minimum absolute atomic E-state index is 0.0455. The zero-order valence-electron chi connectivity index (χ0n) is 17.3. The molecule has 0 saturated carbocycles. The van der Waals surface area contributed by atoms with Gasteiger partial charge in [0, 0.05) is 30.2 Å². The molecule has 2 aromatic heterocycles. The summed E-state index contributed by atoms with van der Waals surface area (Å²) in [4.78, 5) is 4.38. The molecule has 4 bridgehead atoms. The fraction of sp³-hybridized carbons (Fsp3) is 0.478. The van der Waals surface area contributed by atoms with E-state index in [9.17, 15) is 0 Å². The molecule has 2 atom stereocenters. The first-order valence-electron chi connectivity index (χ1n) is 10.7. The largest absolute Gasteiger partial charge is 0.491 e. The molecule has 2 aliphatic heterocycles. The highest BCUT2D eigenvalue weighted by molar-refractivity contribution is 5.94. The molecule has 1 saturated heterocycles. The van der Waals surface area contributed by atoms with Gasteiger partial charge in [-0.1, -0.05) is 0 Å². The summed E-state index contributed by atoms with van der Waals surface area (Å²) in [5, 5.41) is 6.00. The second kappa shape index (κ2) is 8.62. The van der Waals surface area contributed by atoms with Crippen LogP contribution < -0.4 is 9.47 Å². The average molecular weight is 409 g/mol. The maximum Gasteiger partial charge on any atom is 0.150 e. The highest BCUT2D eigenvalue weighted by atomic mass is 16.5. The Bertz CT molecular complexity index is 1010. The number of pyridine rings is 1. The lowest BCUT2D eigenvalue weighted by atomic mass is 10.1. The van der Waals surface area contributed by atoms with Crippen molar-refractivity contribution in [1.29, 1.82) is 0 Å². The molecule has 3 aromatic rings. The first-order chi connectivity index (χ1) is 14.8. The van der Waals surface area contributed by atoms with Crippen molar-refractivity contribution in [1.82, 2.24) is 14.8 Å². The van der Waals surface area contributed by atoms with E-state index in [1.54, 1.807) is 6.20 Å². The van der Waals surface area contributed by atoms with Crippen LogP contribution in [-0.2, 0) is 9.47 Å². The highest BCUT2D eigenvalue weighted by Crippen LogP contribution is 2.35. The first-order valence-corrected chi connectivity index (χ1v) is 10.7. The van der Waals surface area contributed by atoms with Gasteiger partial charge in [-0.05, 0) is 50.5 Å². The van der Waals surface area contributed by atoms with E-state index in [0.717, 1.165) is 60.2 Å². The van der Waals surface area contributed by atoms with Gasteiger partial charge in [-0.25, -0.2) is 4.68 Å². The molecule has 7 nitrogen and oxygen atoms in total. The van der Waals surface area contributed by atoms with E-state index >= 15 is 0 Å². The predicted octanol–water partition coefficient (Wildman–Crippen LogP) is 4.36. The molecule has 5 rings (SSSR count). The van der Waals surface area contributed by atoms with Crippen LogP contribution in [0.1, 0.15) is 38.8 Å². The lowest BCUT2D eigenvalue weighted by Gasteiger charge is -2.23. The minimum atomic E-state index is -0.0455. The van der Waals surface area contributed by atoms with E-state index in [0.29, 0.717) is 25.6 Å². The van der Waals surface area contributed by atoms with E-state index < -0.39 is 0 Å². The summed E-state index contributed by atoms with van der Waals surface area (Å²) in [5.74, 6) is 1.54. The monoisotopic (exact) mass is 409 g/mol. The third kappa shape index (κ3) is 4.00. The molecule has 7 heteroatoms. The van der Waals surface area contributed by atoms with Gasteiger partial charge < -0.3 is 18.9 Å². The summed E-state index contributed by atoms with van der Waals surface area (Å²) in [5.41, 5.74) is 2.81. The van der Waals surface area contributed by atoms with Crippen LogP contribution in [0.3, 0.4) is 0 Å². The first kappa shape index (κ1) is 19.3. The van der Waals surface area contributed by atoms with Gasteiger partial charge in [-0.15, -0.1) is 0 Å². The number of fused-ring (bicyclic) bond motifs is 4. The fourth-order valence-electron chi connectivity index (χ4n) is 4.03. The second-order valence-electron chi connectivity index (χ2n) is 7.88. The summed E-state index contributed by atoms with van der Waals surface area (Å²) >= 11 is 0. The summed E-state index contributed by atoms with van der Waals surface area (Å²) in [6.07, 6.45) is 7.58. The maximum absolute atomic E-state index is 6.17. The standard InChI is InChI=1S/C23H27N3O4/c1-16-7-9-27-10-11-28-19-12-17(14-24-15-19)23-20-13-18(30-16)5-6-21(20)26(25-23)22-4-2-3-8-29-22/h5-6,12-16,22H,2-4,7-11H2,1H3/t16-,22?/m0/s1. The third-order valence-corrected chi connectivity index (χ3v) is 5.60. The van der Waals surface area contributed by atoms with Gasteiger partial charge >= 0.3 is 0 Å². The van der Waals surface area contributed by atoms with Crippen LogP contribution in [0.25, 0.3) is 22.2 Å². The van der Waals surface area contributed by atoms with Gasteiger partial charge in [-0.3, -0.25) is 4.98 Å². The number of rotatable bonds is 1. The number of hydrogen-bond donors (Lipinski definition) is 0. The van der Waals surface area contributed by atoms with E-state index in [4.69, 9.17) is 24.0 Å². The molecule has 1 fully saturated rings. The Labute approximate surface area is 175 Å². The second-order valence-corrected chi connectivity index (χ2v) is 7.88. The van der Waals surface area contributed by atoms with E-state index in [-0.39, 0.29) is 12.3 Å². The van der Waals surface area contributed by atoms with Crippen molar-refractivity contribution in [3.63, 3.8) is 0 Å². The Morgan fingerprint density at radius 2 is 1.93 bits per heavy atom. The smallest absolute Gasteiger partial charge is 0.150 e. The van der Waals surface area contributed by atoms with Gasteiger partial charge in [0.2, 0.25) is 0 Å². The zero-order chi connectivity index (χ0) is 20.3. The summed E-state index contributed by atoms with van der Waals surface area (Å²) in [6.45, 7) is 4.48. The van der Waals surface area contributed by atoms with Crippen LogP contribution in [0.5, 0.6) is 11.5 Å². The van der Waals surface area contributed by atoms with Gasteiger partial charge in [-0.2, -0.15) is 5.10 Å². The highest BCUT2D eigenvalue weighted by Gasteiger charge is 2.22. The lowest BCUT2D eigenvalue weighted by Crippen LogP contribution is -2.19. The normalized spacial score (nSPS) is 22.7. The maximum atomic E-state index is 6.17. The molecule has 1 unspecified atom stereocenters. The van der Waals surface area contributed by atoms with Crippen molar-refractivity contribution in [2.45, 2.75) is 44.9 Å². The number of nitrogens with zero attached hydrogens (tertiary/aromatic N) is 3.